The molecule has 0 saturated heterocycles. The molecule has 2 N–H and O–H groups in total. The van der Waals surface area contributed by atoms with Crippen molar-refractivity contribution in [2.75, 3.05) is 6.61 Å². The summed E-state index contributed by atoms with van der Waals surface area (Å²) >= 11 is 0. The number of aromatic nitrogens is 1. The van der Waals surface area contributed by atoms with E-state index in [1.807, 2.05) is 6.92 Å². The first-order valence-electron chi connectivity index (χ1n) is 4.28. The molecule has 4 heteroatoms. The highest BCUT2D eigenvalue weighted by molar-refractivity contribution is 5.94. The van der Waals surface area contributed by atoms with E-state index in [1.54, 1.807) is 18.2 Å². The molecule has 1 amide bonds. The fourth-order valence-electron chi connectivity index (χ4n) is 0.976. The molecule has 1 heterocycles. The van der Waals surface area contributed by atoms with Crippen molar-refractivity contribution in [3.05, 3.63) is 35.8 Å². The second-order valence-corrected chi connectivity index (χ2v) is 2.56. The first kappa shape index (κ1) is 10.2. The fourth-order valence-corrected chi connectivity index (χ4v) is 0.976. The summed E-state index contributed by atoms with van der Waals surface area (Å²) < 4.78 is 5.01. The molecule has 1 aromatic rings. The molecule has 74 valence electrons. The Morgan fingerprint density at radius 1 is 1.71 bits per heavy atom. The largest absolute Gasteiger partial charge is 0.501 e. The van der Waals surface area contributed by atoms with Gasteiger partial charge in [0.25, 0.3) is 5.91 Å². The SMILES string of the molecule is CCOC=Cc1cccnc1C(N)=O. The number of nitrogens with zero attached hydrogens (tertiary/aromatic N) is 1. The third kappa shape index (κ3) is 2.58. The predicted molar refractivity (Wildman–Crippen MR) is 53.4 cm³/mol. The van der Waals surface area contributed by atoms with Crippen molar-refractivity contribution in [2.24, 2.45) is 5.73 Å². The van der Waals surface area contributed by atoms with E-state index < -0.39 is 5.91 Å². The van der Waals surface area contributed by atoms with Crippen molar-refractivity contribution in [1.29, 1.82) is 0 Å². The van der Waals surface area contributed by atoms with Crippen LogP contribution in [0.5, 0.6) is 0 Å². The molecule has 0 aliphatic rings. The number of hydrogen-bond donors (Lipinski definition) is 1. The van der Waals surface area contributed by atoms with Crippen LogP contribution in [-0.2, 0) is 4.74 Å². The van der Waals surface area contributed by atoms with Crippen molar-refractivity contribution in [3.63, 3.8) is 0 Å². The molecule has 14 heavy (non-hydrogen) atoms. The molecule has 0 aliphatic carbocycles. The van der Waals surface area contributed by atoms with E-state index in [2.05, 4.69) is 4.98 Å². The van der Waals surface area contributed by atoms with Crippen LogP contribution in [-0.4, -0.2) is 17.5 Å². The van der Waals surface area contributed by atoms with Gasteiger partial charge in [-0.2, -0.15) is 0 Å². The summed E-state index contributed by atoms with van der Waals surface area (Å²) in [6.07, 6.45) is 4.71. The summed E-state index contributed by atoms with van der Waals surface area (Å²) in [7, 11) is 0. The molecule has 0 spiro atoms. The Hall–Kier alpha value is -1.84. The molecular formula is C10H12N2O2. The minimum atomic E-state index is -0.540. The molecule has 4 nitrogen and oxygen atoms in total. The van der Waals surface area contributed by atoms with Gasteiger partial charge >= 0.3 is 0 Å². The van der Waals surface area contributed by atoms with E-state index in [0.29, 0.717) is 12.2 Å². The van der Waals surface area contributed by atoms with Gasteiger partial charge in [-0.15, -0.1) is 0 Å². The molecule has 0 aliphatic heterocycles. The van der Waals surface area contributed by atoms with Gasteiger partial charge in [0.15, 0.2) is 0 Å². The maximum Gasteiger partial charge on any atom is 0.267 e. The molecule has 1 aromatic heterocycles. The highest BCUT2D eigenvalue weighted by Gasteiger charge is 2.05. The summed E-state index contributed by atoms with van der Waals surface area (Å²) in [6.45, 7) is 2.46. The van der Waals surface area contributed by atoms with Gasteiger partial charge in [0, 0.05) is 11.8 Å². The predicted octanol–water partition coefficient (Wildman–Crippen LogP) is 1.19. The molecule has 0 atom stereocenters. The Balaban J connectivity index is 2.90. The average Bonchev–Trinajstić information content (AvgIpc) is 2.19. The molecule has 0 aromatic carbocycles. The van der Waals surface area contributed by atoms with Crippen LogP contribution < -0.4 is 5.73 Å². The lowest BCUT2D eigenvalue weighted by Crippen LogP contribution is -2.14. The lowest BCUT2D eigenvalue weighted by Gasteiger charge is -1.99. The van der Waals surface area contributed by atoms with Gasteiger partial charge in [0.1, 0.15) is 5.69 Å². The van der Waals surface area contributed by atoms with Gasteiger partial charge in [-0.1, -0.05) is 6.07 Å². The van der Waals surface area contributed by atoms with Crippen molar-refractivity contribution in [2.45, 2.75) is 6.92 Å². The van der Waals surface area contributed by atoms with Crippen molar-refractivity contribution in [1.82, 2.24) is 4.98 Å². The highest BCUT2D eigenvalue weighted by Crippen LogP contribution is 2.06. The molecule has 0 unspecified atom stereocenters. The quantitative estimate of drug-likeness (QED) is 0.728. The average molecular weight is 192 g/mol. The molecule has 1 rings (SSSR count). The second kappa shape index (κ2) is 5.01. The summed E-state index contributed by atoms with van der Waals surface area (Å²) in [4.78, 5) is 14.8. The zero-order valence-electron chi connectivity index (χ0n) is 7.93. The van der Waals surface area contributed by atoms with Gasteiger partial charge in [0.2, 0.25) is 0 Å². The zero-order valence-corrected chi connectivity index (χ0v) is 7.93. The number of carbonyl (C=O) groups is 1. The first-order chi connectivity index (χ1) is 6.75. The molecule has 0 saturated carbocycles. The lowest BCUT2D eigenvalue weighted by atomic mass is 10.2. The van der Waals surface area contributed by atoms with Crippen LogP contribution in [0.1, 0.15) is 23.0 Å². The first-order valence-corrected chi connectivity index (χ1v) is 4.28. The zero-order chi connectivity index (χ0) is 10.4. The van der Waals surface area contributed by atoms with Crippen molar-refractivity contribution >= 4 is 12.0 Å². The number of amides is 1. The normalized spacial score (nSPS) is 10.4. The van der Waals surface area contributed by atoms with Gasteiger partial charge < -0.3 is 10.5 Å². The van der Waals surface area contributed by atoms with Gasteiger partial charge in [-0.25, -0.2) is 0 Å². The maximum absolute atomic E-state index is 10.9. The van der Waals surface area contributed by atoms with Crippen LogP contribution in [0, 0.1) is 0 Å². The number of hydrogen-bond acceptors (Lipinski definition) is 3. The summed E-state index contributed by atoms with van der Waals surface area (Å²) in [6, 6.07) is 3.49. The van der Waals surface area contributed by atoms with Gasteiger partial charge in [-0.05, 0) is 19.1 Å². The molecule has 0 radical (unpaired) electrons. The topological polar surface area (TPSA) is 65.2 Å². The number of rotatable bonds is 4. The van der Waals surface area contributed by atoms with Crippen LogP contribution in [0.4, 0.5) is 0 Å². The minimum absolute atomic E-state index is 0.253. The Labute approximate surface area is 82.4 Å². The van der Waals surface area contributed by atoms with E-state index in [4.69, 9.17) is 10.5 Å². The smallest absolute Gasteiger partial charge is 0.267 e. The van der Waals surface area contributed by atoms with Crippen molar-refractivity contribution in [3.8, 4) is 0 Å². The van der Waals surface area contributed by atoms with Crippen LogP contribution in [0.25, 0.3) is 6.08 Å². The standard InChI is InChI=1S/C10H12N2O2/c1-2-14-7-5-8-4-3-6-12-9(8)10(11)13/h3-7H,2H2,1H3,(H2,11,13). The van der Waals surface area contributed by atoms with E-state index in [-0.39, 0.29) is 5.69 Å². The minimum Gasteiger partial charge on any atom is -0.501 e. The lowest BCUT2D eigenvalue weighted by molar-refractivity contribution is 0.0995. The summed E-state index contributed by atoms with van der Waals surface area (Å²) in [5, 5.41) is 0. The van der Waals surface area contributed by atoms with Gasteiger partial charge in [-0.3, -0.25) is 9.78 Å². The molecule has 0 fully saturated rings. The summed E-state index contributed by atoms with van der Waals surface area (Å²) in [5.41, 5.74) is 6.06. The second-order valence-electron chi connectivity index (χ2n) is 2.56. The Bertz CT molecular complexity index is 348. The van der Waals surface area contributed by atoms with Crippen LogP contribution in [0.2, 0.25) is 0 Å². The van der Waals surface area contributed by atoms with E-state index in [1.165, 1.54) is 12.5 Å². The third-order valence-corrected chi connectivity index (χ3v) is 1.58. The van der Waals surface area contributed by atoms with Gasteiger partial charge in [0.05, 0.1) is 12.9 Å². The maximum atomic E-state index is 10.9. The fraction of sp³-hybridized carbons (Fsp3) is 0.200. The molecular weight excluding hydrogens is 180 g/mol. The van der Waals surface area contributed by atoms with Crippen molar-refractivity contribution < 1.29 is 9.53 Å². The number of primary amides is 1. The van der Waals surface area contributed by atoms with Crippen LogP contribution >= 0.6 is 0 Å². The number of pyridine rings is 1. The van der Waals surface area contributed by atoms with E-state index >= 15 is 0 Å². The Morgan fingerprint density at radius 3 is 3.14 bits per heavy atom. The number of carbonyl (C=O) groups excluding carboxylic acids is 1. The Kier molecular flexibility index (Phi) is 3.67. The van der Waals surface area contributed by atoms with E-state index in [9.17, 15) is 4.79 Å². The Morgan fingerprint density at radius 2 is 2.50 bits per heavy atom. The molecule has 0 bridgehead atoms. The number of ether oxygens (including phenoxy) is 1. The van der Waals surface area contributed by atoms with Crippen LogP contribution in [0.3, 0.4) is 0 Å². The highest BCUT2D eigenvalue weighted by atomic mass is 16.5. The summed E-state index contributed by atoms with van der Waals surface area (Å²) in [5.74, 6) is -0.540. The third-order valence-electron chi connectivity index (χ3n) is 1.58. The van der Waals surface area contributed by atoms with Crippen LogP contribution in [0.15, 0.2) is 24.6 Å². The monoisotopic (exact) mass is 192 g/mol. The van der Waals surface area contributed by atoms with E-state index in [0.717, 1.165) is 0 Å². The number of nitrogens with two attached hydrogens (primary N) is 1.